The number of hydrogen-bond acceptors (Lipinski definition) is 7. The van der Waals surface area contributed by atoms with Crippen molar-refractivity contribution in [2.24, 2.45) is 5.73 Å². The van der Waals surface area contributed by atoms with Crippen molar-refractivity contribution in [2.75, 3.05) is 0 Å². The smallest absolute Gasteiger partial charge is 0.202 e. The van der Waals surface area contributed by atoms with E-state index in [0.717, 1.165) is 6.92 Å². The van der Waals surface area contributed by atoms with Gasteiger partial charge in [0.15, 0.2) is 18.0 Å². The minimum atomic E-state index is -1.57. The summed E-state index contributed by atoms with van der Waals surface area (Å²) in [5.74, 6) is -2.80. The van der Waals surface area contributed by atoms with E-state index in [-0.39, 0.29) is 23.4 Å². The summed E-state index contributed by atoms with van der Waals surface area (Å²) in [5, 5.41) is 31.0. The average molecular weight is 343 g/mol. The number of fused-ring (bicyclic) bond motifs is 1. The molecule has 25 heavy (non-hydrogen) atoms. The molecule has 1 aliphatic heterocycles. The molecule has 2 aromatic rings. The standard InChI is InChI=1S/C18H17NO6/c1-8(20)11-13(21)10(7-19)18-12(14(11)22)15(23)16(24)17(25-18)9-5-3-2-4-6-9/h2-6,16-17,21-22,24H,7,19H2,1H3. The molecule has 7 heteroatoms. The van der Waals surface area contributed by atoms with Crippen molar-refractivity contribution in [1.82, 2.24) is 0 Å². The topological polar surface area (TPSA) is 130 Å². The van der Waals surface area contributed by atoms with Crippen LogP contribution in [0.15, 0.2) is 30.3 Å². The number of carbonyl (C=O) groups excluding carboxylic acids is 2. The van der Waals surface area contributed by atoms with E-state index >= 15 is 0 Å². The minimum Gasteiger partial charge on any atom is -0.507 e. The lowest BCUT2D eigenvalue weighted by atomic mass is 9.88. The molecule has 0 bridgehead atoms. The predicted octanol–water partition coefficient (Wildman–Crippen LogP) is 1.44. The number of aliphatic hydroxyl groups is 1. The molecule has 2 atom stereocenters. The van der Waals surface area contributed by atoms with Gasteiger partial charge in [0, 0.05) is 6.54 Å². The van der Waals surface area contributed by atoms with Crippen LogP contribution in [0.5, 0.6) is 17.2 Å². The Balaban J connectivity index is 2.25. The number of aliphatic hydroxyl groups excluding tert-OH is 1. The normalized spacial score (nSPS) is 19.2. The fourth-order valence-corrected chi connectivity index (χ4v) is 3.01. The van der Waals surface area contributed by atoms with Crippen molar-refractivity contribution >= 4 is 11.6 Å². The number of carbonyl (C=O) groups is 2. The van der Waals surface area contributed by atoms with Gasteiger partial charge >= 0.3 is 0 Å². The van der Waals surface area contributed by atoms with Gasteiger partial charge in [0.05, 0.1) is 5.56 Å². The molecule has 0 radical (unpaired) electrons. The number of Topliss-reactive ketones (excluding diaryl/α,β-unsaturated/α-hetero) is 2. The molecule has 130 valence electrons. The Labute approximate surface area is 143 Å². The molecular formula is C18H17NO6. The van der Waals surface area contributed by atoms with E-state index in [9.17, 15) is 24.9 Å². The Morgan fingerprint density at radius 2 is 1.84 bits per heavy atom. The summed E-state index contributed by atoms with van der Waals surface area (Å²) < 4.78 is 5.74. The first kappa shape index (κ1) is 16.9. The zero-order valence-electron chi connectivity index (χ0n) is 13.4. The minimum absolute atomic E-state index is 0.0270. The third-order valence-electron chi connectivity index (χ3n) is 4.23. The maximum Gasteiger partial charge on any atom is 0.202 e. The van der Waals surface area contributed by atoms with Gasteiger partial charge in [-0.2, -0.15) is 0 Å². The lowest BCUT2D eigenvalue weighted by Gasteiger charge is -2.32. The molecule has 0 fully saturated rings. The molecule has 5 N–H and O–H groups in total. The lowest BCUT2D eigenvalue weighted by Crippen LogP contribution is -2.37. The van der Waals surface area contributed by atoms with Gasteiger partial charge in [0.25, 0.3) is 0 Å². The van der Waals surface area contributed by atoms with Gasteiger partial charge in [-0.1, -0.05) is 30.3 Å². The Morgan fingerprint density at radius 1 is 1.20 bits per heavy atom. The summed E-state index contributed by atoms with van der Waals surface area (Å²) >= 11 is 0. The second kappa shape index (κ2) is 6.19. The summed E-state index contributed by atoms with van der Waals surface area (Å²) in [6.45, 7) is 0.915. The van der Waals surface area contributed by atoms with Gasteiger partial charge in [-0.25, -0.2) is 0 Å². The van der Waals surface area contributed by atoms with Crippen molar-refractivity contribution in [1.29, 1.82) is 0 Å². The summed E-state index contributed by atoms with van der Waals surface area (Å²) in [7, 11) is 0. The van der Waals surface area contributed by atoms with Gasteiger partial charge < -0.3 is 25.8 Å². The van der Waals surface area contributed by atoms with Crippen molar-refractivity contribution in [3.8, 4) is 17.2 Å². The van der Waals surface area contributed by atoms with Crippen LogP contribution in [-0.2, 0) is 6.54 Å². The van der Waals surface area contributed by atoms with Crippen LogP contribution in [0.4, 0.5) is 0 Å². The second-order valence-corrected chi connectivity index (χ2v) is 5.77. The van der Waals surface area contributed by atoms with E-state index in [4.69, 9.17) is 10.5 Å². The lowest BCUT2D eigenvalue weighted by molar-refractivity contribution is 0.0206. The first-order valence-corrected chi connectivity index (χ1v) is 7.64. The summed E-state index contributed by atoms with van der Waals surface area (Å²) in [6.07, 6.45) is -2.59. The average Bonchev–Trinajstić information content (AvgIpc) is 2.58. The molecule has 0 saturated carbocycles. The molecule has 1 heterocycles. The van der Waals surface area contributed by atoms with Crippen LogP contribution >= 0.6 is 0 Å². The Morgan fingerprint density at radius 3 is 2.40 bits per heavy atom. The number of rotatable bonds is 3. The summed E-state index contributed by atoms with van der Waals surface area (Å²) in [4.78, 5) is 24.4. The SMILES string of the molecule is CC(=O)c1c(O)c(CN)c2c(c1O)C(=O)C(O)C(c1ccccc1)O2. The fraction of sp³-hybridized carbons (Fsp3) is 0.222. The third-order valence-corrected chi connectivity index (χ3v) is 4.23. The molecule has 2 aromatic carbocycles. The molecule has 0 saturated heterocycles. The van der Waals surface area contributed by atoms with Crippen molar-refractivity contribution in [3.63, 3.8) is 0 Å². The number of hydrogen-bond donors (Lipinski definition) is 4. The van der Waals surface area contributed by atoms with Crippen LogP contribution in [0, 0.1) is 0 Å². The maximum absolute atomic E-state index is 12.7. The van der Waals surface area contributed by atoms with E-state index in [2.05, 4.69) is 0 Å². The predicted molar refractivity (Wildman–Crippen MR) is 87.8 cm³/mol. The van der Waals surface area contributed by atoms with E-state index in [0.29, 0.717) is 5.56 Å². The first-order valence-electron chi connectivity index (χ1n) is 7.64. The van der Waals surface area contributed by atoms with Gasteiger partial charge in [-0.05, 0) is 12.5 Å². The monoisotopic (exact) mass is 343 g/mol. The first-order chi connectivity index (χ1) is 11.9. The Hall–Kier alpha value is -2.90. The van der Waals surface area contributed by atoms with Gasteiger partial charge in [-0.15, -0.1) is 0 Å². The van der Waals surface area contributed by atoms with Crippen LogP contribution < -0.4 is 10.5 Å². The highest BCUT2D eigenvalue weighted by Gasteiger charge is 2.42. The fourth-order valence-electron chi connectivity index (χ4n) is 3.01. The van der Waals surface area contributed by atoms with Crippen molar-refractivity contribution < 1.29 is 29.6 Å². The summed E-state index contributed by atoms with van der Waals surface area (Å²) in [5.41, 5.74) is 5.47. The van der Waals surface area contributed by atoms with Crippen LogP contribution in [-0.4, -0.2) is 33.0 Å². The molecule has 0 aromatic heterocycles. The van der Waals surface area contributed by atoms with Gasteiger partial charge in [0.2, 0.25) is 5.78 Å². The van der Waals surface area contributed by atoms with Gasteiger partial charge in [0.1, 0.15) is 28.4 Å². The molecular weight excluding hydrogens is 326 g/mol. The highest BCUT2D eigenvalue weighted by molar-refractivity contribution is 6.11. The number of phenols is 2. The van der Waals surface area contributed by atoms with Crippen LogP contribution in [0.3, 0.4) is 0 Å². The van der Waals surface area contributed by atoms with Crippen LogP contribution in [0.2, 0.25) is 0 Å². The molecule has 7 nitrogen and oxygen atoms in total. The number of phenolic OH excluding ortho intramolecular Hbond substituents is 2. The number of benzene rings is 2. The molecule has 2 unspecified atom stereocenters. The zero-order valence-corrected chi connectivity index (χ0v) is 13.4. The zero-order chi connectivity index (χ0) is 18.3. The van der Waals surface area contributed by atoms with Crippen molar-refractivity contribution in [2.45, 2.75) is 25.7 Å². The van der Waals surface area contributed by atoms with E-state index in [1.807, 2.05) is 0 Å². The van der Waals surface area contributed by atoms with E-state index in [1.54, 1.807) is 30.3 Å². The molecule has 0 spiro atoms. The number of nitrogens with two attached hydrogens (primary N) is 1. The molecule has 3 rings (SSSR count). The number of aromatic hydroxyl groups is 2. The van der Waals surface area contributed by atoms with Gasteiger partial charge in [-0.3, -0.25) is 9.59 Å². The van der Waals surface area contributed by atoms with E-state index in [1.165, 1.54) is 0 Å². The quantitative estimate of drug-likeness (QED) is 0.620. The highest BCUT2D eigenvalue weighted by Crippen LogP contribution is 2.47. The molecule has 0 aliphatic carbocycles. The number of ether oxygens (including phenoxy) is 1. The Kier molecular flexibility index (Phi) is 4.20. The maximum atomic E-state index is 12.7. The number of ketones is 2. The van der Waals surface area contributed by atoms with E-state index < -0.39 is 40.8 Å². The van der Waals surface area contributed by atoms with Crippen molar-refractivity contribution in [3.05, 3.63) is 52.6 Å². The summed E-state index contributed by atoms with van der Waals surface area (Å²) in [6, 6.07) is 8.58. The molecule has 0 amide bonds. The largest absolute Gasteiger partial charge is 0.507 e. The van der Waals surface area contributed by atoms with Crippen LogP contribution in [0.1, 0.15) is 44.9 Å². The molecule has 1 aliphatic rings. The third kappa shape index (κ3) is 2.54. The van der Waals surface area contributed by atoms with Crippen LogP contribution in [0.25, 0.3) is 0 Å². The Bertz CT molecular complexity index is 862. The highest BCUT2D eigenvalue weighted by atomic mass is 16.5. The second-order valence-electron chi connectivity index (χ2n) is 5.77.